The van der Waals surface area contributed by atoms with Crippen molar-refractivity contribution in [3.8, 4) is 16.9 Å². The smallest absolute Gasteiger partial charge is 0.326 e. The number of hydrogen-bond donors (Lipinski definition) is 2. The molecule has 178 valence electrons. The summed E-state index contributed by atoms with van der Waals surface area (Å²) in [5.74, 6) is -0.119. The Morgan fingerprint density at radius 1 is 1.06 bits per heavy atom. The molecular weight excluding hydrogens is 442 g/mol. The minimum absolute atomic E-state index is 0.396. The summed E-state index contributed by atoms with van der Waals surface area (Å²) in [4.78, 5) is 41.1. The molecule has 1 saturated heterocycles. The maximum absolute atomic E-state index is 13.7. The first kappa shape index (κ1) is 22.7. The van der Waals surface area contributed by atoms with Crippen molar-refractivity contribution in [1.82, 2.24) is 10.2 Å². The standard InChI is InChI=1S/C28H27N3O4/c1-18(25(32)29-24-13-7-6-12-22(24)19-9-4-3-5-10-19)31-26(33)28(30-27(31)34)16-8-11-20-17-21(35-2)14-15-23(20)28/h3-7,9-10,12-15,17-18H,8,11,16H2,1-2H3,(H,29,32)(H,30,34). The normalized spacial score (nSPS) is 19.8. The zero-order chi connectivity index (χ0) is 24.6. The van der Waals surface area contributed by atoms with Crippen LogP contribution in [0.1, 0.15) is 30.9 Å². The fourth-order valence-electron chi connectivity index (χ4n) is 5.11. The van der Waals surface area contributed by atoms with Crippen molar-refractivity contribution in [1.29, 1.82) is 0 Å². The third kappa shape index (κ3) is 3.83. The topological polar surface area (TPSA) is 87.7 Å². The molecule has 7 nitrogen and oxygen atoms in total. The molecule has 2 aliphatic rings. The predicted molar refractivity (Wildman–Crippen MR) is 133 cm³/mol. The quantitative estimate of drug-likeness (QED) is 0.540. The number of urea groups is 1. The Morgan fingerprint density at radius 2 is 1.80 bits per heavy atom. The van der Waals surface area contributed by atoms with Crippen LogP contribution in [0.15, 0.2) is 72.8 Å². The van der Waals surface area contributed by atoms with Gasteiger partial charge in [-0.2, -0.15) is 0 Å². The van der Waals surface area contributed by atoms with Crippen LogP contribution in [0.4, 0.5) is 10.5 Å². The molecule has 3 aromatic rings. The zero-order valence-corrected chi connectivity index (χ0v) is 19.7. The van der Waals surface area contributed by atoms with Gasteiger partial charge in [0.1, 0.15) is 17.3 Å². The summed E-state index contributed by atoms with van der Waals surface area (Å²) >= 11 is 0. The third-order valence-corrected chi connectivity index (χ3v) is 6.93. The minimum Gasteiger partial charge on any atom is -0.497 e. The number of fused-ring (bicyclic) bond motifs is 2. The summed E-state index contributed by atoms with van der Waals surface area (Å²) in [7, 11) is 1.60. The van der Waals surface area contributed by atoms with E-state index in [1.165, 1.54) is 0 Å². The highest BCUT2D eigenvalue weighted by Crippen LogP contribution is 2.41. The van der Waals surface area contributed by atoms with Crippen molar-refractivity contribution in [2.75, 3.05) is 12.4 Å². The van der Waals surface area contributed by atoms with Crippen molar-refractivity contribution in [3.05, 3.63) is 83.9 Å². The molecule has 1 aliphatic heterocycles. The van der Waals surface area contributed by atoms with Crippen molar-refractivity contribution >= 4 is 23.5 Å². The molecule has 2 atom stereocenters. The fourth-order valence-corrected chi connectivity index (χ4v) is 5.11. The summed E-state index contributed by atoms with van der Waals surface area (Å²) in [6, 6.07) is 21.2. The SMILES string of the molecule is COc1ccc2c(c1)CCCC21NC(=O)N(C(C)C(=O)Nc2ccccc2-c2ccccc2)C1=O. The fraction of sp³-hybridized carbons (Fsp3) is 0.250. The molecule has 0 saturated carbocycles. The number of nitrogens with zero attached hydrogens (tertiary/aromatic N) is 1. The molecule has 5 rings (SSSR count). The number of aryl methyl sites for hydroxylation is 1. The molecule has 2 N–H and O–H groups in total. The van der Waals surface area contributed by atoms with Gasteiger partial charge in [-0.05, 0) is 61.1 Å². The van der Waals surface area contributed by atoms with Gasteiger partial charge in [-0.3, -0.25) is 9.59 Å². The lowest BCUT2D eigenvalue weighted by molar-refractivity contribution is -0.137. The number of anilines is 1. The highest BCUT2D eigenvalue weighted by molar-refractivity contribution is 6.12. The number of hydrogen-bond acceptors (Lipinski definition) is 4. The van der Waals surface area contributed by atoms with Gasteiger partial charge in [0.2, 0.25) is 5.91 Å². The minimum atomic E-state index is -1.16. The lowest BCUT2D eigenvalue weighted by atomic mass is 9.76. The van der Waals surface area contributed by atoms with E-state index in [4.69, 9.17) is 4.74 Å². The molecular formula is C28H27N3O4. The summed E-state index contributed by atoms with van der Waals surface area (Å²) in [6.45, 7) is 1.58. The van der Waals surface area contributed by atoms with Crippen LogP contribution in [0, 0.1) is 0 Å². The van der Waals surface area contributed by atoms with E-state index >= 15 is 0 Å². The van der Waals surface area contributed by atoms with E-state index in [2.05, 4.69) is 10.6 Å². The Morgan fingerprint density at radius 3 is 2.57 bits per heavy atom. The summed E-state index contributed by atoms with van der Waals surface area (Å²) in [5.41, 5.74) is 3.02. The van der Waals surface area contributed by atoms with E-state index < -0.39 is 29.4 Å². The first-order chi connectivity index (χ1) is 16.9. The Kier molecular flexibility index (Phi) is 5.76. The van der Waals surface area contributed by atoms with E-state index in [1.54, 1.807) is 20.1 Å². The first-order valence-electron chi connectivity index (χ1n) is 11.7. The second-order valence-corrected chi connectivity index (χ2v) is 8.96. The number of methoxy groups -OCH3 is 1. The number of imide groups is 1. The Labute approximate surface area is 204 Å². The average Bonchev–Trinajstić information content (AvgIpc) is 3.13. The summed E-state index contributed by atoms with van der Waals surface area (Å²) in [5, 5.41) is 5.84. The average molecular weight is 470 g/mol. The molecule has 0 aromatic heterocycles. The molecule has 0 bridgehead atoms. The summed E-state index contributed by atoms with van der Waals surface area (Å²) < 4.78 is 5.33. The number of amides is 4. The second kappa shape index (κ2) is 8.91. The first-order valence-corrected chi connectivity index (χ1v) is 11.7. The van der Waals surface area contributed by atoms with Gasteiger partial charge in [0.25, 0.3) is 5.91 Å². The molecule has 0 radical (unpaired) electrons. The van der Waals surface area contributed by atoms with Crippen LogP contribution in [0.5, 0.6) is 5.75 Å². The van der Waals surface area contributed by atoms with Gasteiger partial charge in [-0.1, -0.05) is 54.6 Å². The Hall–Kier alpha value is -4.13. The van der Waals surface area contributed by atoms with Crippen molar-refractivity contribution in [2.24, 2.45) is 0 Å². The van der Waals surface area contributed by atoms with Crippen molar-refractivity contribution in [3.63, 3.8) is 0 Å². The predicted octanol–water partition coefficient (Wildman–Crippen LogP) is 4.47. The highest BCUT2D eigenvalue weighted by Gasteiger charge is 2.56. The van der Waals surface area contributed by atoms with Gasteiger partial charge in [0.05, 0.1) is 7.11 Å². The van der Waals surface area contributed by atoms with Crippen LogP contribution in [-0.2, 0) is 21.5 Å². The highest BCUT2D eigenvalue weighted by atomic mass is 16.5. The third-order valence-electron chi connectivity index (χ3n) is 6.93. The van der Waals surface area contributed by atoms with Crippen LogP contribution >= 0.6 is 0 Å². The van der Waals surface area contributed by atoms with Gasteiger partial charge in [0, 0.05) is 11.3 Å². The van der Waals surface area contributed by atoms with Crippen LogP contribution in [0.2, 0.25) is 0 Å². The zero-order valence-electron chi connectivity index (χ0n) is 19.7. The summed E-state index contributed by atoms with van der Waals surface area (Å²) in [6.07, 6.45) is 2.02. The Bertz CT molecular complexity index is 1310. The van der Waals surface area contributed by atoms with Gasteiger partial charge in [0.15, 0.2) is 0 Å². The number of rotatable bonds is 5. The number of para-hydroxylation sites is 1. The van der Waals surface area contributed by atoms with E-state index in [0.29, 0.717) is 17.9 Å². The largest absolute Gasteiger partial charge is 0.497 e. The number of nitrogens with one attached hydrogen (secondary N) is 2. The molecule has 2 unspecified atom stereocenters. The van der Waals surface area contributed by atoms with Crippen LogP contribution in [0.3, 0.4) is 0 Å². The van der Waals surface area contributed by atoms with Crippen LogP contribution in [-0.4, -0.2) is 35.9 Å². The molecule has 3 aromatic carbocycles. The van der Waals surface area contributed by atoms with Gasteiger partial charge >= 0.3 is 6.03 Å². The van der Waals surface area contributed by atoms with Crippen LogP contribution in [0.25, 0.3) is 11.1 Å². The second-order valence-electron chi connectivity index (χ2n) is 8.96. The molecule has 35 heavy (non-hydrogen) atoms. The van der Waals surface area contributed by atoms with E-state index in [1.807, 2.05) is 66.7 Å². The van der Waals surface area contributed by atoms with E-state index in [0.717, 1.165) is 40.0 Å². The van der Waals surface area contributed by atoms with Crippen molar-refractivity contribution in [2.45, 2.75) is 37.8 Å². The number of benzene rings is 3. The molecule has 1 heterocycles. The Balaban J connectivity index is 1.41. The van der Waals surface area contributed by atoms with Gasteiger partial charge in [-0.25, -0.2) is 9.69 Å². The van der Waals surface area contributed by atoms with Gasteiger partial charge < -0.3 is 15.4 Å². The lowest BCUT2D eigenvalue weighted by Crippen LogP contribution is -2.49. The number of carbonyl (C=O) groups excluding carboxylic acids is 3. The van der Waals surface area contributed by atoms with Crippen molar-refractivity contribution < 1.29 is 19.1 Å². The number of ether oxygens (including phenoxy) is 1. The van der Waals surface area contributed by atoms with E-state index in [-0.39, 0.29) is 0 Å². The molecule has 1 fully saturated rings. The molecule has 4 amide bonds. The molecule has 1 aliphatic carbocycles. The van der Waals surface area contributed by atoms with Gasteiger partial charge in [-0.15, -0.1) is 0 Å². The maximum atomic E-state index is 13.7. The maximum Gasteiger partial charge on any atom is 0.326 e. The van der Waals surface area contributed by atoms with E-state index in [9.17, 15) is 14.4 Å². The molecule has 7 heteroatoms. The number of carbonyl (C=O) groups is 3. The lowest BCUT2D eigenvalue weighted by Gasteiger charge is -2.34. The molecule has 1 spiro atoms. The monoisotopic (exact) mass is 469 g/mol. The van der Waals surface area contributed by atoms with Crippen LogP contribution < -0.4 is 15.4 Å².